The Morgan fingerprint density at radius 2 is 2.12 bits per heavy atom. The van der Waals surface area contributed by atoms with Gasteiger partial charge in [-0.1, -0.05) is 18.2 Å². The molecule has 1 N–H and O–H groups in total. The van der Waals surface area contributed by atoms with Gasteiger partial charge in [-0.05, 0) is 31.0 Å². The molecule has 6 nitrogen and oxygen atoms in total. The Morgan fingerprint density at radius 1 is 1.35 bits per heavy atom. The predicted octanol–water partition coefficient (Wildman–Crippen LogP) is 1.71. The highest BCUT2D eigenvalue weighted by molar-refractivity contribution is 5.82. The van der Waals surface area contributed by atoms with E-state index in [2.05, 4.69) is 11.5 Å². The topological polar surface area (TPSA) is 70.1 Å². The van der Waals surface area contributed by atoms with Gasteiger partial charge in [-0.25, -0.2) is 0 Å². The normalized spacial score (nSPS) is 25.2. The minimum atomic E-state index is -0.877. The molecule has 2 fully saturated rings. The SMILES string of the molecule is C=CCN1C[C@H]2CN(C(=O)COc3cccc(C)c3C)C[C@@]2(C(=O)O)C1. The van der Waals surface area contributed by atoms with Crippen LogP contribution in [0.3, 0.4) is 0 Å². The number of ether oxygens (including phenoxy) is 1. The molecule has 3 rings (SSSR count). The molecule has 6 heteroatoms. The maximum atomic E-state index is 12.6. The largest absolute Gasteiger partial charge is 0.483 e. The van der Waals surface area contributed by atoms with Crippen molar-refractivity contribution in [1.82, 2.24) is 9.80 Å². The first-order valence-corrected chi connectivity index (χ1v) is 8.91. The fourth-order valence-corrected chi connectivity index (χ4v) is 4.09. The van der Waals surface area contributed by atoms with Gasteiger partial charge in [-0.15, -0.1) is 6.58 Å². The molecule has 2 aliphatic rings. The first-order valence-electron chi connectivity index (χ1n) is 8.91. The molecule has 0 bridgehead atoms. The van der Waals surface area contributed by atoms with Crippen LogP contribution in [0.15, 0.2) is 30.9 Å². The number of aryl methyl sites for hydroxylation is 1. The van der Waals surface area contributed by atoms with Gasteiger partial charge in [0, 0.05) is 38.6 Å². The number of aliphatic carboxylic acids is 1. The number of amides is 1. The zero-order valence-corrected chi connectivity index (χ0v) is 15.4. The smallest absolute Gasteiger partial charge is 0.313 e. The molecule has 140 valence electrons. The van der Waals surface area contributed by atoms with Gasteiger partial charge in [0.05, 0.1) is 0 Å². The van der Waals surface area contributed by atoms with Crippen LogP contribution in [0.2, 0.25) is 0 Å². The lowest BCUT2D eigenvalue weighted by atomic mass is 9.81. The quantitative estimate of drug-likeness (QED) is 0.784. The number of hydrogen-bond donors (Lipinski definition) is 1. The van der Waals surface area contributed by atoms with Gasteiger partial charge in [0.25, 0.3) is 5.91 Å². The average molecular weight is 358 g/mol. The van der Waals surface area contributed by atoms with E-state index in [0.29, 0.717) is 31.9 Å². The second-order valence-electron chi connectivity index (χ2n) is 7.40. The van der Waals surface area contributed by atoms with Crippen LogP contribution < -0.4 is 4.74 Å². The molecule has 0 spiro atoms. The molecular weight excluding hydrogens is 332 g/mol. The van der Waals surface area contributed by atoms with Crippen LogP contribution in [0.5, 0.6) is 5.75 Å². The number of fused-ring (bicyclic) bond motifs is 1. The van der Waals surface area contributed by atoms with E-state index in [-0.39, 0.29) is 25.0 Å². The molecule has 1 aromatic carbocycles. The van der Waals surface area contributed by atoms with Crippen molar-refractivity contribution in [3.63, 3.8) is 0 Å². The molecule has 1 aromatic rings. The van der Waals surface area contributed by atoms with Crippen LogP contribution in [0.4, 0.5) is 0 Å². The third-order valence-corrected chi connectivity index (χ3v) is 5.75. The summed E-state index contributed by atoms with van der Waals surface area (Å²) in [5.41, 5.74) is 1.25. The molecule has 0 aliphatic carbocycles. The van der Waals surface area contributed by atoms with E-state index in [1.54, 1.807) is 11.0 Å². The van der Waals surface area contributed by atoms with Crippen molar-refractivity contribution in [2.45, 2.75) is 13.8 Å². The number of carbonyl (C=O) groups excluding carboxylic acids is 1. The van der Waals surface area contributed by atoms with E-state index in [0.717, 1.165) is 11.1 Å². The predicted molar refractivity (Wildman–Crippen MR) is 98.2 cm³/mol. The maximum Gasteiger partial charge on any atom is 0.313 e. The van der Waals surface area contributed by atoms with Crippen LogP contribution in [0.1, 0.15) is 11.1 Å². The number of benzene rings is 1. The van der Waals surface area contributed by atoms with Gasteiger partial charge >= 0.3 is 5.97 Å². The Morgan fingerprint density at radius 3 is 2.77 bits per heavy atom. The minimum Gasteiger partial charge on any atom is -0.483 e. The number of rotatable bonds is 6. The maximum absolute atomic E-state index is 12.6. The van der Waals surface area contributed by atoms with E-state index in [1.807, 2.05) is 32.0 Å². The van der Waals surface area contributed by atoms with Crippen molar-refractivity contribution in [2.24, 2.45) is 11.3 Å². The minimum absolute atomic E-state index is 0.0513. The second-order valence-corrected chi connectivity index (χ2v) is 7.40. The highest BCUT2D eigenvalue weighted by Gasteiger charge is 2.58. The third kappa shape index (κ3) is 3.21. The van der Waals surface area contributed by atoms with E-state index in [9.17, 15) is 14.7 Å². The Bertz CT molecular complexity index is 733. The van der Waals surface area contributed by atoms with Gasteiger partial charge < -0.3 is 14.7 Å². The first-order chi connectivity index (χ1) is 12.4. The number of likely N-dealkylation sites (tertiary alicyclic amines) is 2. The molecule has 2 atom stereocenters. The summed E-state index contributed by atoms with van der Waals surface area (Å²) in [7, 11) is 0. The van der Waals surface area contributed by atoms with Gasteiger partial charge in [-0.2, -0.15) is 0 Å². The van der Waals surface area contributed by atoms with Crippen molar-refractivity contribution < 1.29 is 19.4 Å². The van der Waals surface area contributed by atoms with Crippen LogP contribution in [-0.2, 0) is 9.59 Å². The molecule has 0 radical (unpaired) electrons. The van der Waals surface area contributed by atoms with Crippen LogP contribution >= 0.6 is 0 Å². The van der Waals surface area contributed by atoms with Crippen LogP contribution in [0, 0.1) is 25.2 Å². The Labute approximate surface area is 154 Å². The summed E-state index contributed by atoms with van der Waals surface area (Å²) in [5.74, 6) is -0.330. The Kier molecular flexibility index (Phi) is 5.05. The first kappa shape index (κ1) is 18.5. The monoisotopic (exact) mass is 358 g/mol. The van der Waals surface area contributed by atoms with Crippen molar-refractivity contribution >= 4 is 11.9 Å². The number of carboxylic acid groups (broad SMARTS) is 1. The van der Waals surface area contributed by atoms with E-state index in [1.165, 1.54) is 0 Å². The summed E-state index contributed by atoms with van der Waals surface area (Å²) in [6.45, 7) is 10.1. The molecule has 0 unspecified atom stereocenters. The second kappa shape index (κ2) is 7.11. The Hall–Kier alpha value is -2.34. The summed E-state index contributed by atoms with van der Waals surface area (Å²) in [6.07, 6.45) is 1.79. The van der Waals surface area contributed by atoms with E-state index in [4.69, 9.17) is 4.74 Å². The molecule has 2 heterocycles. The van der Waals surface area contributed by atoms with E-state index < -0.39 is 11.4 Å². The standard InChI is InChI=1S/C20H26N2O4/c1-4-8-21-9-16-10-22(13-20(16,12-21)19(24)25)18(23)11-26-17-7-5-6-14(2)15(17)3/h4-7,16H,1,8-13H2,2-3H3,(H,24,25)/t16-,20-/m0/s1. The van der Waals surface area contributed by atoms with Crippen LogP contribution in [-0.4, -0.2) is 66.1 Å². The van der Waals surface area contributed by atoms with Gasteiger partial charge in [0.15, 0.2) is 6.61 Å². The fraction of sp³-hybridized carbons (Fsp3) is 0.500. The Balaban J connectivity index is 1.65. The molecular formula is C20H26N2O4. The third-order valence-electron chi connectivity index (χ3n) is 5.75. The van der Waals surface area contributed by atoms with Gasteiger partial charge in [0.1, 0.15) is 11.2 Å². The van der Waals surface area contributed by atoms with Gasteiger partial charge in [-0.3, -0.25) is 14.5 Å². The summed E-state index contributed by atoms with van der Waals surface area (Å²) < 4.78 is 5.70. The molecule has 26 heavy (non-hydrogen) atoms. The molecule has 2 saturated heterocycles. The number of carboxylic acids is 1. The summed E-state index contributed by atoms with van der Waals surface area (Å²) in [5, 5.41) is 9.81. The lowest BCUT2D eigenvalue weighted by Gasteiger charge is -2.25. The van der Waals surface area contributed by atoms with E-state index >= 15 is 0 Å². The number of carbonyl (C=O) groups is 2. The number of nitrogens with zero attached hydrogens (tertiary/aromatic N) is 2. The van der Waals surface area contributed by atoms with Crippen LogP contribution in [0.25, 0.3) is 0 Å². The highest BCUT2D eigenvalue weighted by atomic mass is 16.5. The highest BCUT2D eigenvalue weighted by Crippen LogP contribution is 2.42. The molecule has 0 saturated carbocycles. The number of hydrogen-bond acceptors (Lipinski definition) is 4. The average Bonchev–Trinajstić information content (AvgIpc) is 3.11. The fourth-order valence-electron chi connectivity index (χ4n) is 4.09. The molecule has 0 aromatic heterocycles. The lowest BCUT2D eigenvalue weighted by Crippen LogP contribution is -2.42. The molecule has 1 amide bonds. The zero-order chi connectivity index (χ0) is 18.9. The summed E-state index contributed by atoms with van der Waals surface area (Å²) in [4.78, 5) is 28.3. The summed E-state index contributed by atoms with van der Waals surface area (Å²) in [6, 6.07) is 5.74. The lowest BCUT2D eigenvalue weighted by molar-refractivity contribution is -0.149. The molecule has 2 aliphatic heterocycles. The van der Waals surface area contributed by atoms with Crippen molar-refractivity contribution in [3.8, 4) is 5.75 Å². The van der Waals surface area contributed by atoms with Crippen molar-refractivity contribution in [1.29, 1.82) is 0 Å². The van der Waals surface area contributed by atoms with Crippen molar-refractivity contribution in [3.05, 3.63) is 42.0 Å². The van der Waals surface area contributed by atoms with Gasteiger partial charge in [0.2, 0.25) is 0 Å². The van der Waals surface area contributed by atoms with Crippen molar-refractivity contribution in [2.75, 3.05) is 39.3 Å². The summed E-state index contributed by atoms with van der Waals surface area (Å²) >= 11 is 0. The zero-order valence-electron chi connectivity index (χ0n) is 15.4.